The summed E-state index contributed by atoms with van der Waals surface area (Å²) in [5.74, 6) is 6.20. The van der Waals surface area contributed by atoms with Gasteiger partial charge in [-0.05, 0) is 42.7 Å². The highest BCUT2D eigenvalue weighted by atomic mass is 28.4. The van der Waals surface area contributed by atoms with Crippen LogP contribution in [0.1, 0.15) is 80.6 Å². The smallest absolute Gasteiger partial charge is 0.193 e. The van der Waals surface area contributed by atoms with Crippen LogP contribution in [0.3, 0.4) is 0 Å². The Morgan fingerprint density at radius 1 is 0.900 bits per heavy atom. The quantitative estimate of drug-likeness (QED) is 0.154. The van der Waals surface area contributed by atoms with E-state index in [0.29, 0.717) is 6.61 Å². The highest BCUT2D eigenvalue weighted by molar-refractivity contribution is 6.74. The first-order valence-electron chi connectivity index (χ1n) is 11.7. The van der Waals surface area contributed by atoms with Gasteiger partial charge in [-0.2, -0.15) is 0 Å². The van der Waals surface area contributed by atoms with Crippen molar-refractivity contribution in [3.05, 3.63) is 12.2 Å². The van der Waals surface area contributed by atoms with Crippen molar-refractivity contribution in [2.45, 2.75) is 129 Å². The zero-order chi connectivity index (χ0) is 23.6. The molecule has 0 saturated heterocycles. The maximum absolute atomic E-state index is 10.8. The zero-order valence-electron chi connectivity index (χ0n) is 21.8. The summed E-state index contributed by atoms with van der Waals surface area (Å²) >= 11 is 0. The molecule has 0 rings (SSSR count). The fraction of sp³-hybridized carbons (Fsp3) is 0.840. The van der Waals surface area contributed by atoms with Crippen molar-refractivity contribution in [1.29, 1.82) is 0 Å². The molecule has 0 aromatic rings. The van der Waals surface area contributed by atoms with E-state index in [2.05, 4.69) is 86.5 Å². The van der Waals surface area contributed by atoms with Crippen molar-refractivity contribution in [2.75, 3.05) is 6.61 Å². The third-order valence-corrected chi connectivity index (χ3v) is 15.6. The fourth-order valence-electron chi connectivity index (χ4n) is 2.29. The van der Waals surface area contributed by atoms with Gasteiger partial charge in [0.15, 0.2) is 16.6 Å². The molecule has 0 radical (unpaired) electrons. The average molecular weight is 455 g/mol. The fourth-order valence-corrected chi connectivity index (χ4v) is 4.47. The third-order valence-electron chi connectivity index (χ3n) is 6.63. The normalized spacial score (nSPS) is 15.7. The van der Waals surface area contributed by atoms with Crippen LogP contribution in [0.2, 0.25) is 36.3 Å². The summed E-state index contributed by atoms with van der Waals surface area (Å²) in [5, 5.41) is 11.0. The van der Waals surface area contributed by atoms with Gasteiger partial charge in [-0.1, -0.05) is 85.8 Å². The lowest BCUT2D eigenvalue weighted by atomic mass is 10.1. The molecule has 0 aliphatic carbocycles. The number of aliphatic hydroxyl groups excluding tert-OH is 1. The van der Waals surface area contributed by atoms with E-state index in [0.717, 1.165) is 12.8 Å². The van der Waals surface area contributed by atoms with E-state index < -0.39 is 28.8 Å². The first-order valence-corrected chi connectivity index (χ1v) is 17.5. The molecule has 2 atom stereocenters. The first kappa shape index (κ1) is 29.6. The number of hydrogen-bond acceptors (Lipinski definition) is 3. The summed E-state index contributed by atoms with van der Waals surface area (Å²) in [6.07, 6.45) is 8.34. The molecule has 30 heavy (non-hydrogen) atoms. The molecule has 0 bridgehead atoms. The molecule has 0 aromatic carbocycles. The summed E-state index contributed by atoms with van der Waals surface area (Å²) in [5.41, 5.74) is 0. The van der Waals surface area contributed by atoms with Crippen molar-refractivity contribution in [1.82, 2.24) is 0 Å². The maximum Gasteiger partial charge on any atom is 0.193 e. The SMILES string of the molecule is CCCCCCC#C[C@H](O)[C@@H](/C=C/CO[Si](C)(C)C(C)(C)C)O[Si](C)(C)C(C)(C)C. The maximum atomic E-state index is 10.8. The van der Waals surface area contributed by atoms with Gasteiger partial charge in [0, 0.05) is 6.42 Å². The van der Waals surface area contributed by atoms with Crippen LogP contribution in [0.5, 0.6) is 0 Å². The largest absolute Gasteiger partial charge is 0.413 e. The lowest BCUT2D eigenvalue weighted by Crippen LogP contribution is -2.46. The minimum absolute atomic E-state index is 0.0734. The predicted octanol–water partition coefficient (Wildman–Crippen LogP) is 7.29. The van der Waals surface area contributed by atoms with Gasteiger partial charge >= 0.3 is 0 Å². The van der Waals surface area contributed by atoms with Gasteiger partial charge in [0.05, 0.1) is 6.61 Å². The van der Waals surface area contributed by atoms with Gasteiger partial charge in [-0.25, -0.2) is 0 Å². The van der Waals surface area contributed by atoms with Crippen LogP contribution < -0.4 is 0 Å². The van der Waals surface area contributed by atoms with Crippen molar-refractivity contribution >= 4 is 16.6 Å². The Kier molecular flexibility index (Phi) is 12.4. The van der Waals surface area contributed by atoms with Crippen LogP contribution in [0.4, 0.5) is 0 Å². The van der Waals surface area contributed by atoms with Gasteiger partial charge < -0.3 is 14.0 Å². The Balaban J connectivity index is 5.19. The molecule has 0 aromatic heterocycles. The number of aliphatic hydroxyl groups is 1. The molecule has 0 saturated carbocycles. The second-order valence-corrected chi connectivity index (χ2v) is 21.0. The summed E-state index contributed by atoms with van der Waals surface area (Å²) < 4.78 is 12.8. The van der Waals surface area contributed by atoms with Gasteiger partial charge in [-0.3, -0.25) is 0 Å². The van der Waals surface area contributed by atoms with Gasteiger partial charge in [0.1, 0.15) is 12.2 Å². The molecular formula is C25H50O3Si2. The van der Waals surface area contributed by atoms with Crippen molar-refractivity contribution in [2.24, 2.45) is 0 Å². The lowest BCUT2D eigenvalue weighted by molar-refractivity contribution is 0.0931. The zero-order valence-corrected chi connectivity index (χ0v) is 23.8. The second-order valence-electron chi connectivity index (χ2n) is 11.4. The van der Waals surface area contributed by atoms with Crippen LogP contribution in [-0.2, 0) is 8.85 Å². The molecule has 5 heteroatoms. The molecule has 0 unspecified atom stereocenters. The van der Waals surface area contributed by atoms with Crippen LogP contribution in [-0.4, -0.2) is 40.6 Å². The van der Waals surface area contributed by atoms with Crippen molar-refractivity contribution in [3.63, 3.8) is 0 Å². The summed E-state index contributed by atoms with van der Waals surface area (Å²) in [4.78, 5) is 0. The van der Waals surface area contributed by atoms with E-state index in [1.54, 1.807) is 0 Å². The molecule has 0 amide bonds. The topological polar surface area (TPSA) is 38.7 Å². The average Bonchev–Trinajstić information content (AvgIpc) is 2.58. The molecule has 3 nitrogen and oxygen atoms in total. The van der Waals surface area contributed by atoms with E-state index >= 15 is 0 Å². The van der Waals surface area contributed by atoms with Crippen LogP contribution in [0.25, 0.3) is 0 Å². The Bertz CT molecular complexity index is 572. The Morgan fingerprint density at radius 3 is 1.97 bits per heavy atom. The second kappa shape index (κ2) is 12.6. The van der Waals surface area contributed by atoms with Crippen LogP contribution >= 0.6 is 0 Å². The molecular weight excluding hydrogens is 404 g/mol. The molecule has 0 spiro atoms. The third kappa shape index (κ3) is 10.8. The van der Waals surface area contributed by atoms with E-state index in [1.807, 2.05) is 12.2 Å². The molecule has 176 valence electrons. The van der Waals surface area contributed by atoms with Gasteiger partial charge in [-0.15, -0.1) is 5.92 Å². The Labute approximate surface area is 190 Å². The summed E-state index contributed by atoms with van der Waals surface area (Å²) in [6, 6.07) is 0. The first-order chi connectivity index (χ1) is 13.5. The monoisotopic (exact) mass is 454 g/mol. The summed E-state index contributed by atoms with van der Waals surface area (Å²) in [6.45, 7) is 25.1. The van der Waals surface area contributed by atoms with Crippen molar-refractivity contribution < 1.29 is 14.0 Å². The van der Waals surface area contributed by atoms with Crippen molar-refractivity contribution in [3.8, 4) is 11.8 Å². The van der Waals surface area contributed by atoms with E-state index in [-0.39, 0.29) is 10.1 Å². The number of unbranched alkanes of at least 4 members (excludes halogenated alkanes) is 4. The minimum Gasteiger partial charge on any atom is -0.413 e. The number of rotatable bonds is 11. The van der Waals surface area contributed by atoms with E-state index in [4.69, 9.17) is 8.85 Å². The molecule has 0 aliphatic rings. The van der Waals surface area contributed by atoms with Gasteiger partial charge in [0.2, 0.25) is 0 Å². The Morgan fingerprint density at radius 2 is 1.47 bits per heavy atom. The summed E-state index contributed by atoms with van der Waals surface area (Å²) in [7, 11) is -3.83. The van der Waals surface area contributed by atoms with E-state index in [9.17, 15) is 5.11 Å². The molecule has 0 aliphatic heterocycles. The Hall–Kier alpha value is -0.386. The van der Waals surface area contributed by atoms with Crippen LogP contribution in [0, 0.1) is 11.8 Å². The number of hydrogen-bond donors (Lipinski definition) is 1. The molecule has 0 fully saturated rings. The minimum atomic E-state index is -2.03. The van der Waals surface area contributed by atoms with Gasteiger partial charge in [0.25, 0.3) is 0 Å². The van der Waals surface area contributed by atoms with Crippen LogP contribution in [0.15, 0.2) is 12.2 Å². The predicted molar refractivity (Wildman–Crippen MR) is 137 cm³/mol. The van der Waals surface area contributed by atoms with E-state index in [1.165, 1.54) is 19.3 Å². The molecule has 0 heterocycles. The lowest BCUT2D eigenvalue weighted by Gasteiger charge is -2.39. The highest BCUT2D eigenvalue weighted by Crippen LogP contribution is 2.38. The standard InChI is InChI=1S/C25H50O3Si2/c1-12-13-14-15-16-17-19-22(26)23(28-30(10,11)25(5,6)7)20-18-21-27-29(8,9)24(2,3)4/h18,20,22-23,26H,12-16,21H2,1-11H3/b20-18+/t22-,23+/m0/s1. The molecule has 1 N–H and O–H groups in total. The highest BCUT2D eigenvalue weighted by Gasteiger charge is 2.40.